The zero-order valence-electron chi connectivity index (χ0n) is 35.0. The molecule has 0 atom stereocenters. The van der Waals surface area contributed by atoms with Crippen molar-refractivity contribution in [2.75, 3.05) is 0 Å². The summed E-state index contributed by atoms with van der Waals surface area (Å²) in [5.41, 5.74) is 8.89. The average Bonchev–Trinajstić information content (AvgIpc) is 3.04. The number of benzene rings is 4. The zero-order valence-corrected chi connectivity index (χ0v) is 35.0. The van der Waals surface area contributed by atoms with Crippen molar-refractivity contribution in [3.8, 4) is 23.0 Å². The Morgan fingerprint density at radius 3 is 0.796 bits per heavy atom. The molecule has 0 aromatic heterocycles. The quantitative estimate of drug-likeness (QED) is 0.158. The fourth-order valence-electron chi connectivity index (χ4n) is 7.80. The van der Waals surface area contributed by atoms with Gasteiger partial charge in [0.2, 0.25) is 0 Å². The summed E-state index contributed by atoms with van der Waals surface area (Å²) in [4.78, 5) is 0. The Hall–Kier alpha value is -4.44. The topological polar surface area (TPSA) is 80.9 Å². The lowest BCUT2D eigenvalue weighted by atomic mass is 9.75. The molecule has 5 rings (SSSR count). The van der Waals surface area contributed by atoms with E-state index in [1.165, 1.54) is 0 Å². The van der Waals surface area contributed by atoms with Crippen LogP contribution in [0, 0.1) is 0 Å². The van der Waals surface area contributed by atoms with Crippen LogP contribution in [0.1, 0.15) is 175 Å². The number of hydrogen-bond donors (Lipinski definition) is 4. The predicted molar refractivity (Wildman–Crippen MR) is 226 cm³/mol. The van der Waals surface area contributed by atoms with Gasteiger partial charge in [0, 0.05) is 46.9 Å². The Morgan fingerprint density at radius 1 is 0.426 bits per heavy atom. The number of phenolic OH excluding ortho intramolecular Hbond substituents is 4. The highest BCUT2D eigenvalue weighted by atomic mass is 16.3. The standard InChI is InChI=1S/C50H64O4/c1-15-17-37-39-25-33(47(3,4)5)21-29(43(39)51)19-31-23-35(49(9,10)11)27-41(45(31)53)38(18-16-2)42-28-36(50(12,13)14)24-32(46(42)54)20-30-22-34(48(6,7)8)26-40(37)44(30)52/h15-16,21-28,37-38,51-54H,1-2,17-20H2,3-14H3. The predicted octanol–water partition coefficient (Wildman–Crippen LogP) is 12.6. The molecule has 0 spiro atoms. The Labute approximate surface area is 325 Å². The highest BCUT2D eigenvalue weighted by Gasteiger charge is 2.32. The van der Waals surface area contributed by atoms with Gasteiger partial charge in [-0.2, -0.15) is 0 Å². The maximum atomic E-state index is 12.4. The summed E-state index contributed by atoms with van der Waals surface area (Å²) >= 11 is 0. The number of fused-ring (bicyclic) bond motifs is 8. The van der Waals surface area contributed by atoms with Gasteiger partial charge in [-0.3, -0.25) is 0 Å². The van der Waals surface area contributed by atoms with Crippen LogP contribution in [-0.2, 0) is 34.5 Å². The second-order valence-corrected chi connectivity index (χ2v) is 19.8. The van der Waals surface area contributed by atoms with Gasteiger partial charge in [0.15, 0.2) is 0 Å². The van der Waals surface area contributed by atoms with E-state index in [1.54, 1.807) is 0 Å². The molecular weight excluding hydrogens is 665 g/mol. The van der Waals surface area contributed by atoms with E-state index in [0.717, 1.165) is 22.3 Å². The van der Waals surface area contributed by atoms with Crippen molar-refractivity contribution in [3.05, 3.63) is 141 Å². The van der Waals surface area contributed by atoms with Gasteiger partial charge in [-0.05, 0) is 79.0 Å². The highest BCUT2D eigenvalue weighted by molar-refractivity contribution is 5.61. The second kappa shape index (κ2) is 14.3. The SMILES string of the molecule is C=CCC1c2cc(C(C)(C)C)cc(c2O)Cc2cc(C(C)(C)C)cc(c2O)C(CC=C)c2cc(C(C)(C)C)cc(c2O)Cc2cc(C(C)(C)C)cc1c2O. The first-order valence-electron chi connectivity index (χ1n) is 19.5. The molecular formula is C50H64O4. The Bertz CT molecular complexity index is 1800. The number of phenols is 4. The first-order valence-corrected chi connectivity index (χ1v) is 19.5. The summed E-state index contributed by atoms with van der Waals surface area (Å²) < 4.78 is 0. The summed E-state index contributed by atoms with van der Waals surface area (Å²) in [6.45, 7) is 34.2. The fraction of sp³-hybridized carbons (Fsp3) is 0.440. The Balaban J connectivity index is 2.03. The van der Waals surface area contributed by atoms with E-state index in [0.29, 0.717) is 57.3 Å². The number of hydrogen-bond acceptors (Lipinski definition) is 4. The van der Waals surface area contributed by atoms with Crippen LogP contribution in [0.2, 0.25) is 0 Å². The molecule has 8 bridgehead atoms. The normalized spacial score (nSPS) is 16.6. The van der Waals surface area contributed by atoms with Crippen molar-refractivity contribution in [2.24, 2.45) is 0 Å². The van der Waals surface area contributed by atoms with Gasteiger partial charge in [-0.15, -0.1) is 13.2 Å². The third-order valence-corrected chi connectivity index (χ3v) is 11.4. The minimum absolute atomic E-state index is 0.159. The van der Waals surface area contributed by atoms with Crippen LogP contribution in [0.5, 0.6) is 23.0 Å². The second-order valence-electron chi connectivity index (χ2n) is 19.8. The Kier molecular flexibility index (Phi) is 10.8. The molecule has 0 heterocycles. The lowest BCUT2D eigenvalue weighted by molar-refractivity contribution is 0.439. The minimum Gasteiger partial charge on any atom is -0.507 e. The van der Waals surface area contributed by atoms with Crippen LogP contribution in [0.25, 0.3) is 0 Å². The first kappa shape index (κ1) is 40.7. The molecule has 4 N–H and O–H groups in total. The smallest absolute Gasteiger partial charge is 0.122 e. The van der Waals surface area contributed by atoms with Gasteiger partial charge in [0.25, 0.3) is 0 Å². The molecule has 4 heteroatoms. The van der Waals surface area contributed by atoms with E-state index in [2.05, 4.69) is 145 Å². The molecule has 0 radical (unpaired) electrons. The molecule has 1 aliphatic rings. The molecule has 0 saturated carbocycles. The van der Waals surface area contributed by atoms with E-state index in [4.69, 9.17) is 0 Å². The zero-order chi connectivity index (χ0) is 40.3. The molecule has 288 valence electrons. The number of allylic oxidation sites excluding steroid dienone is 2. The summed E-state index contributed by atoms with van der Waals surface area (Å²) in [5, 5.41) is 49.6. The molecule has 0 amide bonds. The van der Waals surface area contributed by atoms with Crippen molar-refractivity contribution in [3.63, 3.8) is 0 Å². The van der Waals surface area contributed by atoms with Gasteiger partial charge in [-0.1, -0.05) is 144 Å². The van der Waals surface area contributed by atoms with Crippen molar-refractivity contribution >= 4 is 0 Å². The highest BCUT2D eigenvalue weighted by Crippen LogP contribution is 2.49. The van der Waals surface area contributed by atoms with Crippen molar-refractivity contribution in [1.29, 1.82) is 0 Å². The van der Waals surface area contributed by atoms with Crippen LogP contribution in [0.15, 0.2) is 73.8 Å². The van der Waals surface area contributed by atoms with Crippen LogP contribution < -0.4 is 0 Å². The van der Waals surface area contributed by atoms with E-state index in [1.807, 2.05) is 12.2 Å². The van der Waals surface area contributed by atoms with Crippen LogP contribution >= 0.6 is 0 Å². The van der Waals surface area contributed by atoms with Crippen LogP contribution in [0.3, 0.4) is 0 Å². The first-order chi connectivity index (χ1) is 24.9. The van der Waals surface area contributed by atoms with Crippen LogP contribution in [0.4, 0.5) is 0 Å². The van der Waals surface area contributed by atoms with E-state index < -0.39 is 11.8 Å². The Morgan fingerprint density at radius 2 is 0.630 bits per heavy atom. The maximum Gasteiger partial charge on any atom is 0.122 e. The number of rotatable bonds is 4. The molecule has 0 aliphatic heterocycles. The number of aromatic hydroxyl groups is 4. The molecule has 4 nitrogen and oxygen atoms in total. The van der Waals surface area contributed by atoms with Gasteiger partial charge >= 0.3 is 0 Å². The minimum atomic E-state index is -0.412. The van der Waals surface area contributed by atoms with Gasteiger partial charge in [-0.25, -0.2) is 0 Å². The monoisotopic (exact) mass is 728 g/mol. The molecule has 4 aromatic carbocycles. The molecule has 4 aromatic rings. The molecule has 0 unspecified atom stereocenters. The molecule has 0 fully saturated rings. The van der Waals surface area contributed by atoms with Gasteiger partial charge < -0.3 is 20.4 Å². The summed E-state index contributed by atoms with van der Waals surface area (Å²) in [6.07, 6.45) is 5.23. The largest absolute Gasteiger partial charge is 0.507 e. The fourth-order valence-corrected chi connectivity index (χ4v) is 7.80. The molecule has 54 heavy (non-hydrogen) atoms. The van der Waals surface area contributed by atoms with Gasteiger partial charge in [0.1, 0.15) is 23.0 Å². The van der Waals surface area contributed by atoms with Gasteiger partial charge in [0.05, 0.1) is 0 Å². The third kappa shape index (κ3) is 7.99. The van der Waals surface area contributed by atoms with E-state index >= 15 is 0 Å². The lowest BCUT2D eigenvalue weighted by Gasteiger charge is -2.30. The maximum absolute atomic E-state index is 12.4. The third-order valence-electron chi connectivity index (χ3n) is 11.4. The van der Waals surface area contributed by atoms with E-state index in [9.17, 15) is 20.4 Å². The summed E-state index contributed by atoms with van der Waals surface area (Å²) in [7, 11) is 0. The summed E-state index contributed by atoms with van der Waals surface area (Å²) in [5.74, 6) is -0.190. The average molecular weight is 729 g/mol. The van der Waals surface area contributed by atoms with E-state index in [-0.39, 0.29) is 57.5 Å². The van der Waals surface area contributed by atoms with Crippen molar-refractivity contribution in [1.82, 2.24) is 0 Å². The lowest BCUT2D eigenvalue weighted by Crippen LogP contribution is -2.17. The van der Waals surface area contributed by atoms with Crippen LogP contribution in [-0.4, -0.2) is 20.4 Å². The van der Waals surface area contributed by atoms with Crippen molar-refractivity contribution < 1.29 is 20.4 Å². The van der Waals surface area contributed by atoms with Crippen molar-refractivity contribution in [2.45, 2.75) is 142 Å². The molecule has 0 saturated heterocycles. The summed E-state index contributed by atoms with van der Waals surface area (Å²) in [6, 6.07) is 16.6. The molecule has 1 aliphatic carbocycles.